The van der Waals surface area contributed by atoms with E-state index in [1.54, 1.807) is 42.5 Å². The second kappa shape index (κ2) is 6.93. The van der Waals surface area contributed by atoms with Crippen molar-refractivity contribution >= 4 is 33.8 Å². The van der Waals surface area contributed by atoms with Gasteiger partial charge in [-0.05, 0) is 18.2 Å². The molecule has 2 heterocycles. The van der Waals surface area contributed by atoms with Gasteiger partial charge in [-0.25, -0.2) is 14.9 Å². The van der Waals surface area contributed by atoms with Crippen molar-refractivity contribution < 1.29 is 22.7 Å². The molecule has 4 aromatic rings. The molecule has 29 heavy (non-hydrogen) atoms. The molecule has 0 spiro atoms. The number of hydrogen-bond acceptors (Lipinski definition) is 5. The van der Waals surface area contributed by atoms with Crippen LogP contribution in [0.2, 0.25) is 0 Å². The van der Waals surface area contributed by atoms with Crippen LogP contribution in [-0.4, -0.2) is 39.0 Å². The number of anilines is 1. The Balaban J connectivity index is 1.64. The lowest BCUT2D eigenvalue weighted by atomic mass is 10.0. The predicted molar refractivity (Wildman–Crippen MR) is 98.5 cm³/mol. The van der Waals surface area contributed by atoms with Gasteiger partial charge in [0.1, 0.15) is 0 Å². The molecule has 0 saturated heterocycles. The maximum Gasteiger partial charge on any atom is 0.422 e. The van der Waals surface area contributed by atoms with Gasteiger partial charge in [-0.1, -0.05) is 24.3 Å². The summed E-state index contributed by atoms with van der Waals surface area (Å²) in [4.78, 5) is 30.3. The molecule has 2 aromatic heterocycles. The predicted octanol–water partition coefficient (Wildman–Crippen LogP) is 3.58. The van der Waals surface area contributed by atoms with E-state index in [4.69, 9.17) is 0 Å². The van der Waals surface area contributed by atoms with Gasteiger partial charge in [0.25, 0.3) is 5.56 Å². The molecule has 0 aliphatic heterocycles. The normalized spacial score (nSPS) is 11.7. The van der Waals surface area contributed by atoms with Crippen LogP contribution in [-0.2, 0) is 4.74 Å². The molecule has 0 radical (unpaired) electrons. The first kappa shape index (κ1) is 18.5. The molecule has 2 aromatic carbocycles. The number of imidazole rings is 1. The summed E-state index contributed by atoms with van der Waals surface area (Å²) in [6, 6.07) is 12.1. The minimum Gasteiger partial charge on any atom is -0.440 e. The first-order valence-electron chi connectivity index (χ1n) is 8.28. The summed E-state index contributed by atoms with van der Waals surface area (Å²) in [6.07, 6.45) is -5.90. The zero-order valence-electron chi connectivity index (χ0n) is 14.5. The van der Waals surface area contributed by atoms with E-state index in [1.165, 1.54) is 0 Å². The van der Waals surface area contributed by atoms with Crippen LogP contribution in [0.4, 0.5) is 23.9 Å². The van der Waals surface area contributed by atoms with Crippen molar-refractivity contribution in [1.82, 2.24) is 20.2 Å². The molecule has 0 aliphatic rings. The van der Waals surface area contributed by atoms with Crippen LogP contribution in [0, 0.1) is 0 Å². The third-order valence-electron chi connectivity index (χ3n) is 4.04. The summed E-state index contributed by atoms with van der Waals surface area (Å²) < 4.78 is 40.4. The van der Waals surface area contributed by atoms with Gasteiger partial charge in [0, 0.05) is 10.9 Å². The molecule has 0 unspecified atom stereocenters. The zero-order valence-corrected chi connectivity index (χ0v) is 14.5. The molecule has 4 rings (SSSR count). The number of carbonyl (C=O) groups excluding carboxylic acids is 1. The van der Waals surface area contributed by atoms with Gasteiger partial charge < -0.3 is 9.72 Å². The number of nitrogens with zero attached hydrogens (tertiary/aromatic N) is 2. The highest BCUT2D eigenvalue weighted by molar-refractivity contribution is 5.96. The van der Waals surface area contributed by atoms with Crippen LogP contribution in [0.25, 0.3) is 33.1 Å². The number of fused-ring (bicyclic) bond motifs is 2. The van der Waals surface area contributed by atoms with Crippen LogP contribution in [0.15, 0.2) is 47.3 Å². The Labute approximate surface area is 159 Å². The van der Waals surface area contributed by atoms with E-state index in [2.05, 4.69) is 30.2 Å². The van der Waals surface area contributed by atoms with Crippen LogP contribution in [0.5, 0.6) is 0 Å². The van der Waals surface area contributed by atoms with Gasteiger partial charge in [0.2, 0.25) is 5.95 Å². The highest BCUT2D eigenvalue weighted by Crippen LogP contribution is 2.27. The Kier molecular flexibility index (Phi) is 4.41. The number of aromatic nitrogens is 4. The number of halogens is 3. The summed E-state index contributed by atoms with van der Waals surface area (Å²) in [7, 11) is 0. The average molecular weight is 403 g/mol. The Morgan fingerprint density at radius 3 is 2.66 bits per heavy atom. The van der Waals surface area contributed by atoms with Crippen molar-refractivity contribution in [3.05, 3.63) is 52.8 Å². The van der Waals surface area contributed by atoms with Crippen molar-refractivity contribution in [2.24, 2.45) is 0 Å². The number of ether oxygens (including phenoxy) is 1. The lowest BCUT2D eigenvalue weighted by molar-refractivity contribution is -0.159. The van der Waals surface area contributed by atoms with E-state index in [-0.39, 0.29) is 11.5 Å². The first-order valence-corrected chi connectivity index (χ1v) is 8.28. The lowest BCUT2D eigenvalue weighted by Gasteiger charge is -2.07. The van der Waals surface area contributed by atoms with Crippen LogP contribution in [0.1, 0.15) is 0 Å². The summed E-state index contributed by atoms with van der Waals surface area (Å²) in [5.41, 5.74) is 1.87. The second-order valence-corrected chi connectivity index (χ2v) is 6.08. The third kappa shape index (κ3) is 3.88. The minimum absolute atomic E-state index is 0.0661. The van der Waals surface area contributed by atoms with E-state index in [9.17, 15) is 22.8 Å². The van der Waals surface area contributed by atoms with Gasteiger partial charge in [0.05, 0.1) is 22.1 Å². The van der Waals surface area contributed by atoms with Crippen molar-refractivity contribution in [1.29, 1.82) is 0 Å². The smallest absolute Gasteiger partial charge is 0.422 e. The molecule has 148 valence electrons. The summed E-state index contributed by atoms with van der Waals surface area (Å²) in [5, 5.41) is 9.82. The quantitative estimate of drug-likeness (QED) is 0.484. The average Bonchev–Trinajstić information content (AvgIpc) is 3.08. The molecule has 11 heteroatoms. The number of hydrogen-bond donors (Lipinski definition) is 3. The number of alkyl halides is 3. The molecule has 3 N–H and O–H groups in total. The lowest BCUT2D eigenvalue weighted by Crippen LogP contribution is -2.23. The van der Waals surface area contributed by atoms with Crippen LogP contribution < -0.4 is 10.9 Å². The van der Waals surface area contributed by atoms with Crippen molar-refractivity contribution in [2.75, 3.05) is 11.9 Å². The Morgan fingerprint density at radius 2 is 1.90 bits per heavy atom. The minimum atomic E-state index is -4.62. The van der Waals surface area contributed by atoms with Crippen molar-refractivity contribution in [3.63, 3.8) is 0 Å². The van der Waals surface area contributed by atoms with E-state index in [1.807, 2.05) is 0 Å². The number of rotatable bonds is 3. The van der Waals surface area contributed by atoms with Gasteiger partial charge in [-0.15, -0.1) is 0 Å². The molecule has 0 saturated carbocycles. The molecule has 0 bridgehead atoms. The fourth-order valence-corrected chi connectivity index (χ4v) is 2.83. The third-order valence-corrected chi connectivity index (χ3v) is 4.04. The maximum absolute atomic E-state index is 12.1. The highest BCUT2D eigenvalue weighted by Gasteiger charge is 2.29. The summed E-state index contributed by atoms with van der Waals surface area (Å²) >= 11 is 0. The molecule has 1 amide bonds. The van der Waals surface area contributed by atoms with E-state index >= 15 is 0 Å². The molecule has 0 atom stereocenters. The SMILES string of the molecule is O=C(Nc1nc2ccc(-c3n[nH]c(=O)c4ccccc34)cc2[nH]1)OCC(F)(F)F. The Morgan fingerprint density at radius 1 is 1.14 bits per heavy atom. The van der Waals surface area contributed by atoms with Gasteiger partial charge in [-0.2, -0.15) is 18.3 Å². The Hall–Kier alpha value is -3.89. The number of H-pyrrole nitrogens is 2. The molecule has 0 aliphatic carbocycles. The number of amides is 1. The monoisotopic (exact) mass is 403 g/mol. The summed E-state index contributed by atoms with van der Waals surface area (Å²) in [6.45, 7) is -1.70. The highest BCUT2D eigenvalue weighted by atomic mass is 19.4. The molecular weight excluding hydrogens is 391 g/mol. The van der Waals surface area contributed by atoms with Crippen LogP contribution in [0.3, 0.4) is 0 Å². The van der Waals surface area contributed by atoms with E-state index in [0.29, 0.717) is 33.1 Å². The largest absolute Gasteiger partial charge is 0.440 e. The number of benzene rings is 2. The maximum atomic E-state index is 12.1. The second-order valence-electron chi connectivity index (χ2n) is 6.08. The van der Waals surface area contributed by atoms with E-state index < -0.39 is 18.9 Å². The number of carbonyl (C=O) groups is 1. The van der Waals surface area contributed by atoms with Gasteiger partial charge in [0.15, 0.2) is 6.61 Å². The van der Waals surface area contributed by atoms with Crippen molar-refractivity contribution in [3.8, 4) is 11.3 Å². The fourth-order valence-electron chi connectivity index (χ4n) is 2.83. The number of aromatic amines is 2. The fraction of sp³-hybridized carbons (Fsp3) is 0.111. The number of nitrogens with one attached hydrogen (secondary N) is 3. The van der Waals surface area contributed by atoms with Crippen molar-refractivity contribution in [2.45, 2.75) is 6.18 Å². The molecule has 0 fully saturated rings. The topological polar surface area (TPSA) is 113 Å². The van der Waals surface area contributed by atoms with Gasteiger partial charge in [-0.3, -0.25) is 10.1 Å². The van der Waals surface area contributed by atoms with E-state index in [0.717, 1.165) is 0 Å². The Bertz CT molecular complexity index is 1280. The van der Waals surface area contributed by atoms with Crippen LogP contribution >= 0.6 is 0 Å². The zero-order chi connectivity index (χ0) is 20.6. The molecule has 8 nitrogen and oxygen atoms in total. The first-order chi connectivity index (χ1) is 13.8. The van der Waals surface area contributed by atoms with Gasteiger partial charge >= 0.3 is 12.3 Å². The summed E-state index contributed by atoms with van der Waals surface area (Å²) in [5.74, 6) is -0.0661. The standard InChI is InChI=1S/C18H12F3N5O3/c19-18(20,21)8-29-17(28)24-16-22-12-6-5-9(7-13(12)23-16)14-10-3-1-2-4-11(10)15(27)26-25-14/h1-7H,8H2,(H,26,27)(H2,22,23,24,28). The molecular formula is C18H12F3N5O3.